The van der Waals surface area contributed by atoms with E-state index >= 15 is 0 Å². The fourth-order valence-electron chi connectivity index (χ4n) is 1.36. The highest BCUT2D eigenvalue weighted by molar-refractivity contribution is 5.97. The number of carbonyl (C=O) groups is 2. The second-order valence-corrected chi connectivity index (χ2v) is 4.30. The minimum absolute atomic E-state index is 0.0842. The Kier molecular flexibility index (Phi) is 4.23. The van der Waals surface area contributed by atoms with Crippen LogP contribution in [0.25, 0.3) is 0 Å². The van der Waals surface area contributed by atoms with E-state index in [4.69, 9.17) is 5.11 Å². The summed E-state index contributed by atoms with van der Waals surface area (Å²) < 4.78 is 0. The molecule has 0 aliphatic heterocycles. The predicted molar refractivity (Wildman–Crippen MR) is 67.5 cm³/mol. The number of nitro groups is 1. The van der Waals surface area contributed by atoms with Gasteiger partial charge in [-0.05, 0) is 13.3 Å². The molecular formula is C11H13N3O6. The average molecular weight is 283 g/mol. The summed E-state index contributed by atoms with van der Waals surface area (Å²) in [4.78, 5) is 46.3. The van der Waals surface area contributed by atoms with Gasteiger partial charge in [0.05, 0.1) is 11.1 Å². The zero-order chi connectivity index (χ0) is 15.5. The molecule has 1 unspecified atom stereocenters. The molecule has 0 bridgehead atoms. The smallest absolute Gasteiger partial charge is 0.329 e. The number of aromatic amines is 1. The van der Waals surface area contributed by atoms with Gasteiger partial charge in [0.15, 0.2) is 0 Å². The number of hydrogen-bond acceptors (Lipinski definition) is 5. The lowest BCUT2D eigenvalue weighted by Gasteiger charge is -2.24. The largest absolute Gasteiger partial charge is 0.480 e. The van der Waals surface area contributed by atoms with Gasteiger partial charge < -0.3 is 15.4 Å². The standard InChI is InChI=1S/C11H13N3O6/c1-3-11(2,10(17)18)13-9(16)7-4-6(14(19)20)5-12-8(7)15/h4-5H,3H2,1-2H3,(H,12,15)(H,13,16)(H,17,18). The third-order valence-corrected chi connectivity index (χ3v) is 2.91. The van der Waals surface area contributed by atoms with Crippen molar-refractivity contribution in [1.82, 2.24) is 10.3 Å². The minimum atomic E-state index is -1.56. The molecule has 1 aromatic heterocycles. The molecule has 3 N–H and O–H groups in total. The summed E-state index contributed by atoms with van der Waals surface area (Å²) in [6.07, 6.45) is 0.941. The van der Waals surface area contributed by atoms with Crippen molar-refractivity contribution in [3.63, 3.8) is 0 Å². The highest BCUT2D eigenvalue weighted by Crippen LogP contribution is 2.12. The van der Waals surface area contributed by atoms with Gasteiger partial charge in [-0.1, -0.05) is 6.92 Å². The summed E-state index contributed by atoms with van der Waals surface area (Å²) in [6.45, 7) is 2.82. The van der Waals surface area contributed by atoms with Crippen LogP contribution in [-0.4, -0.2) is 32.4 Å². The van der Waals surface area contributed by atoms with Crippen LogP contribution in [0.15, 0.2) is 17.1 Å². The normalized spacial score (nSPS) is 13.3. The van der Waals surface area contributed by atoms with Crippen molar-refractivity contribution in [2.24, 2.45) is 0 Å². The van der Waals surface area contributed by atoms with Crippen molar-refractivity contribution in [2.45, 2.75) is 25.8 Å². The van der Waals surface area contributed by atoms with Crippen molar-refractivity contribution in [3.05, 3.63) is 38.3 Å². The molecule has 0 radical (unpaired) electrons. The predicted octanol–water partition coefficient (Wildman–Crippen LogP) is 0.266. The summed E-state index contributed by atoms with van der Waals surface area (Å²) >= 11 is 0. The molecule has 0 spiro atoms. The molecule has 108 valence electrons. The fraction of sp³-hybridized carbons (Fsp3) is 0.364. The number of H-pyrrole nitrogens is 1. The summed E-state index contributed by atoms with van der Waals surface area (Å²) in [5.74, 6) is -2.25. The summed E-state index contributed by atoms with van der Waals surface area (Å²) in [6, 6.07) is 0.798. The maximum absolute atomic E-state index is 11.9. The Hall–Kier alpha value is -2.71. The molecule has 1 rings (SSSR count). The second kappa shape index (κ2) is 5.51. The van der Waals surface area contributed by atoms with E-state index in [1.54, 1.807) is 6.92 Å². The van der Waals surface area contributed by atoms with Gasteiger partial charge in [-0.25, -0.2) is 4.79 Å². The monoisotopic (exact) mass is 283 g/mol. The average Bonchev–Trinajstić information content (AvgIpc) is 2.38. The van der Waals surface area contributed by atoms with Crippen LogP contribution in [0.1, 0.15) is 30.6 Å². The zero-order valence-corrected chi connectivity index (χ0v) is 10.8. The van der Waals surface area contributed by atoms with Crippen LogP contribution in [0, 0.1) is 10.1 Å². The first-order valence-electron chi connectivity index (χ1n) is 5.64. The number of amides is 1. The number of rotatable bonds is 5. The highest BCUT2D eigenvalue weighted by Gasteiger charge is 2.34. The second-order valence-electron chi connectivity index (χ2n) is 4.30. The number of hydrogen-bond donors (Lipinski definition) is 3. The number of aromatic nitrogens is 1. The number of nitrogens with zero attached hydrogens (tertiary/aromatic N) is 1. The van der Waals surface area contributed by atoms with E-state index in [0.29, 0.717) is 0 Å². The van der Waals surface area contributed by atoms with Crippen LogP contribution >= 0.6 is 0 Å². The van der Waals surface area contributed by atoms with Crippen LogP contribution in [0.2, 0.25) is 0 Å². The summed E-state index contributed by atoms with van der Waals surface area (Å²) in [7, 11) is 0. The lowest BCUT2D eigenvalue weighted by Crippen LogP contribution is -2.52. The number of carboxylic acids is 1. The van der Waals surface area contributed by atoms with E-state index in [9.17, 15) is 24.5 Å². The summed E-state index contributed by atoms with van der Waals surface area (Å²) in [5.41, 5.74) is -3.38. The maximum Gasteiger partial charge on any atom is 0.329 e. The lowest BCUT2D eigenvalue weighted by molar-refractivity contribution is -0.385. The van der Waals surface area contributed by atoms with Crippen LogP contribution in [-0.2, 0) is 4.79 Å². The Labute approximate surface area is 112 Å². The molecule has 20 heavy (non-hydrogen) atoms. The Morgan fingerprint density at radius 2 is 2.15 bits per heavy atom. The maximum atomic E-state index is 11.9. The number of nitrogens with one attached hydrogen (secondary N) is 2. The van der Waals surface area contributed by atoms with E-state index in [0.717, 1.165) is 12.3 Å². The molecule has 9 heteroatoms. The van der Waals surface area contributed by atoms with Gasteiger partial charge in [-0.15, -0.1) is 0 Å². The molecule has 1 aromatic rings. The van der Waals surface area contributed by atoms with Gasteiger partial charge in [-0.2, -0.15) is 0 Å². The molecule has 0 aliphatic rings. The van der Waals surface area contributed by atoms with Crippen molar-refractivity contribution in [1.29, 1.82) is 0 Å². The van der Waals surface area contributed by atoms with Gasteiger partial charge >= 0.3 is 5.97 Å². The molecular weight excluding hydrogens is 270 g/mol. The van der Waals surface area contributed by atoms with Gasteiger partial charge in [0.1, 0.15) is 11.1 Å². The molecule has 1 amide bonds. The Morgan fingerprint density at radius 3 is 2.60 bits per heavy atom. The molecule has 0 saturated heterocycles. The number of carbonyl (C=O) groups excluding carboxylic acids is 1. The van der Waals surface area contributed by atoms with Crippen LogP contribution in [0.5, 0.6) is 0 Å². The molecule has 9 nitrogen and oxygen atoms in total. The Bertz CT molecular complexity index is 623. The van der Waals surface area contributed by atoms with Crippen molar-refractivity contribution >= 4 is 17.6 Å². The molecule has 0 aliphatic carbocycles. The zero-order valence-electron chi connectivity index (χ0n) is 10.8. The third kappa shape index (κ3) is 2.99. The first-order chi connectivity index (χ1) is 9.21. The minimum Gasteiger partial charge on any atom is -0.480 e. The van der Waals surface area contributed by atoms with Gasteiger partial charge in [0.2, 0.25) is 0 Å². The molecule has 1 atom stereocenters. The lowest BCUT2D eigenvalue weighted by atomic mass is 9.98. The molecule has 0 aromatic carbocycles. The molecule has 0 fully saturated rings. The quantitative estimate of drug-likeness (QED) is 0.522. The summed E-state index contributed by atoms with van der Waals surface area (Å²) in [5, 5.41) is 21.8. The first-order valence-corrected chi connectivity index (χ1v) is 5.64. The number of pyridine rings is 1. The third-order valence-electron chi connectivity index (χ3n) is 2.91. The van der Waals surface area contributed by atoms with Crippen molar-refractivity contribution < 1.29 is 19.6 Å². The van der Waals surface area contributed by atoms with E-state index in [1.807, 2.05) is 0 Å². The van der Waals surface area contributed by atoms with Crippen molar-refractivity contribution in [2.75, 3.05) is 0 Å². The Balaban J connectivity index is 3.16. The van der Waals surface area contributed by atoms with Crippen LogP contribution in [0.4, 0.5) is 5.69 Å². The molecule has 0 saturated carbocycles. The van der Waals surface area contributed by atoms with E-state index in [1.165, 1.54) is 6.92 Å². The van der Waals surface area contributed by atoms with E-state index < -0.39 is 39.1 Å². The SMILES string of the molecule is CCC(C)(NC(=O)c1cc([N+](=O)[O-])c[nH]c1=O)C(=O)O. The van der Waals surface area contributed by atoms with E-state index in [-0.39, 0.29) is 6.42 Å². The highest BCUT2D eigenvalue weighted by atomic mass is 16.6. The fourth-order valence-corrected chi connectivity index (χ4v) is 1.36. The number of carboxylic acid groups (broad SMARTS) is 1. The Morgan fingerprint density at radius 1 is 1.55 bits per heavy atom. The van der Waals surface area contributed by atoms with Gasteiger partial charge in [-0.3, -0.25) is 19.7 Å². The van der Waals surface area contributed by atoms with Crippen LogP contribution < -0.4 is 10.9 Å². The van der Waals surface area contributed by atoms with Gasteiger partial charge in [0, 0.05) is 6.07 Å². The van der Waals surface area contributed by atoms with Gasteiger partial charge in [0.25, 0.3) is 17.2 Å². The first kappa shape index (κ1) is 15.3. The van der Waals surface area contributed by atoms with Crippen LogP contribution in [0.3, 0.4) is 0 Å². The topological polar surface area (TPSA) is 142 Å². The molecule has 1 heterocycles. The number of aliphatic carboxylic acids is 1. The van der Waals surface area contributed by atoms with Crippen molar-refractivity contribution in [3.8, 4) is 0 Å². The van der Waals surface area contributed by atoms with E-state index in [2.05, 4.69) is 10.3 Å².